The van der Waals surface area contributed by atoms with Crippen molar-refractivity contribution in [3.05, 3.63) is 57.9 Å². The average Bonchev–Trinajstić information content (AvgIpc) is 2.82. The first-order valence-electron chi connectivity index (χ1n) is 6.47. The SMILES string of the molecule is COc1ccc(C2Cc3cc(Cl)cc(C)c3N2)cc1F. The third-order valence-electron chi connectivity index (χ3n) is 3.70. The molecule has 1 heterocycles. The van der Waals surface area contributed by atoms with Gasteiger partial charge in [-0.05, 0) is 54.3 Å². The number of nitrogens with one attached hydrogen (secondary N) is 1. The molecule has 20 heavy (non-hydrogen) atoms. The van der Waals surface area contributed by atoms with Crippen molar-refractivity contribution in [1.82, 2.24) is 0 Å². The number of methoxy groups -OCH3 is 1. The van der Waals surface area contributed by atoms with Crippen LogP contribution in [-0.4, -0.2) is 7.11 Å². The van der Waals surface area contributed by atoms with Crippen molar-refractivity contribution in [3.63, 3.8) is 0 Å². The van der Waals surface area contributed by atoms with Crippen LogP contribution in [0.4, 0.5) is 10.1 Å². The van der Waals surface area contributed by atoms with Crippen molar-refractivity contribution >= 4 is 17.3 Å². The zero-order valence-corrected chi connectivity index (χ0v) is 12.1. The second-order valence-electron chi connectivity index (χ2n) is 5.05. The number of hydrogen-bond acceptors (Lipinski definition) is 2. The Morgan fingerprint density at radius 1 is 1.30 bits per heavy atom. The number of aryl methyl sites for hydroxylation is 1. The number of rotatable bonds is 2. The van der Waals surface area contributed by atoms with E-state index in [9.17, 15) is 4.39 Å². The standard InChI is InChI=1S/C16H15ClFNO/c1-9-5-12(17)6-11-8-14(19-16(9)11)10-3-4-15(20-2)13(18)7-10/h3-7,14,19H,8H2,1-2H3. The summed E-state index contributed by atoms with van der Waals surface area (Å²) >= 11 is 6.08. The minimum atomic E-state index is -0.336. The highest BCUT2D eigenvalue weighted by Gasteiger charge is 2.24. The molecule has 1 aliphatic heterocycles. The van der Waals surface area contributed by atoms with Crippen LogP contribution >= 0.6 is 11.6 Å². The van der Waals surface area contributed by atoms with E-state index in [0.717, 1.165) is 28.3 Å². The smallest absolute Gasteiger partial charge is 0.165 e. The van der Waals surface area contributed by atoms with E-state index in [0.29, 0.717) is 0 Å². The van der Waals surface area contributed by atoms with Gasteiger partial charge in [-0.1, -0.05) is 17.7 Å². The first-order chi connectivity index (χ1) is 9.58. The molecule has 0 spiro atoms. The van der Waals surface area contributed by atoms with E-state index in [1.165, 1.54) is 18.7 Å². The van der Waals surface area contributed by atoms with E-state index in [2.05, 4.69) is 5.32 Å². The predicted octanol–water partition coefficient (Wildman–Crippen LogP) is 4.51. The Balaban J connectivity index is 1.92. The van der Waals surface area contributed by atoms with E-state index in [1.54, 1.807) is 6.07 Å². The van der Waals surface area contributed by atoms with Gasteiger partial charge in [0.25, 0.3) is 0 Å². The molecule has 0 aliphatic carbocycles. The largest absolute Gasteiger partial charge is 0.494 e. The van der Waals surface area contributed by atoms with Gasteiger partial charge in [0, 0.05) is 10.7 Å². The van der Waals surface area contributed by atoms with Crippen molar-refractivity contribution < 1.29 is 9.13 Å². The fraction of sp³-hybridized carbons (Fsp3) is 0.250. The quantitative estimate of drug-likeness (QED) is 0.879. The highest BCUT2D eigenvalue weighted by Crippen LogP contribution is 2.38. The normalized spacial score (nSPS) is 16.7. The molecule has 2 aromatic rings. The van der Waals surface area contributed by atoms with E-state index < -0.39 is 0 Å². The van der Waals surface area contributed by atoms with Crippen molar-refractivity contribution in [2.24, 2.45) is 0 Å². The van der Waals surface area contributed by atoms with Gasteiger partial charge in [0.1, 0.15) is 0 Å². The summed E-state index contributed by atoms with van der Waals surface area (Å²) in [6, 6.07) is 9.06. The van der Waals surface area contributed by atoms with Gasteiger partial charge in [-0.2, -0.15) is 0 Å². The lowest BCUT2D eigenvalue weighted by Crippen LogP contribution is -2.06. The zero-order valence-electron chi connectivity index (χ0n) is 11.3. The fourth-order valence-electron chi connectivity index (χ4n) is 2.73. The van der Waals surface area contributed by atoms with Gasteiger partial charge in [-0.25, -0.2) is 4.39 Å². The first-order valence-corrected chi connectivity index (χ1v) is 6.85. The number of anilines is 1. The Bertz CT molecular complexity index is 672. The molecule has 0 saturated carbocycles. The van der Waals surface area contributed by atoms with E-state index in [4.69, 9.17) is 16.3 Å². The van der Waals surface area contributed by atoms with Crippen LogP contribution in [0.15, 0.2) is 30.3 Å². The molecule has 0 amide bonds. The van der Waals surface area contributed by atoms with Gasteiger partial charge in [-0.3, -0.25) is 0 Å². The Kier molecular flexibility index (Phi) is 3.30. The van der Waals surface area contributed by atoms with Gasteiger partial charge >= 0.3 is 0 Å². The minimum Gasteiger partial charge on any atom is -0.494 e. The Morgan fingerprint density at radius 2 is 2.10 bits per heavy atom. The number of halogens is 2. The lowest BCUT2D eigenvalue weighted by Gasteiger charge is -2.13. The maximum atomic E-state index is 13.8. The Hall–Kier alpha value is -1.74. The summed E-state index contributed by atoms with van der Waals surface area (Å²) in [6.07, 6.45) is 0.808. The number of fused-ring (bicyclic) bond motifs is 1. The van der Waals surface area contributed by atoms with E-state index in [1.807, 2.05) is 25.1 Å². The van der Waals surface area contributed by atoms with E-state index in [-0.39, 0.29) is 17.6 Å². The average molecular weight is 292 g/mol. The van der Waals surface area contributed by atoms with Gasteiger partial charge in [0.15, 0.2) is 11.6 Å². The molecule has 104 valence electrons. The van der Waals surface area contributed by atoms with Gasteiger partial charge < -0.3 is 10.1 Å². The highest BCUT2D eigenvalue weighted by atomic mass is 35.5. The molecule has 0 saturated heterocycles. The minimum absolute atomic E-state index is 0.0718. The van der Waals surface area contributed by atoms with Crippen LogP contribution in [0.1, 0.15) is 22.7 Å². The predicted molar refractivity (Wildman–Crippen MR) is 79.2 cm³/mol. The molecule has 1 atom stereocenters. The van der Waals surface area contributed by atoms with Crippen LogP contribution < -0.4 is 10.1 Å². The van der Waals surface area contributed by atoms with E-state index >= 15 is 0 Å². The summed E-state index contributed by atoms with van der Waals surface area (Å²) in [7, 11) is 1.47. The third kappa shape index (κ3) is 2.22. The second-order valence-corrected chi connectivity index (χ2v) is 5.49. The van der Waals surface area contributed by atoms with Gasteiger partial charge in [0.2, 0.25) is 0 Å². The summed E-state index contributed by atoms with van der Waals surface area (Å²) in [6.45, 7) is 2.02. The van der Waals surface area contributed by atoms with Crippen molar-refractivity contribution in [1.29, 1.82) is 0 Å². The van der Waals surface area contributed by atoms with Crippen LogP contribution in [0, 0.1) is 12.7 Å². The molecule has 1 N–H and O–H groups in total. The summed E-state index contributed by atoms with van der Waals surface area (Å²) in [5, 5.41) is 4.19. The summed E-state index contributed by atoms with van der Waals surface area (Å²) in [5.74, 6) is -0.0685. The monoisotopic (exact) mass is 291 g/mol. The molecule has 0 radical (unpaired) electrons. The molecule has 1 aliphatic rings. The number of hydrogen-bond donors (Lipinski definition) is 1. The Labute approximate surface area is 122 Å². The van der Waals surface area contributed by atoms with Crippen LogP contribution in [0.3, 0.4) is 0 Å². The summed E-state index contributed by atoms with van der Waals surface area (Å²) in [5.41, 5.74) is 4.31. The number of benzene rings is 2. The van der Waals surface area contributed by atoms with Crippen LogP contribution in [0.25, 0.3) is 0 Å². The van der Waals surface area contributed by atoms with Gasteiger partial charge in [-0.15, -0.1) is 0 Å². The molecular formula is C16H15ClFNO. The van der Waals surface area contributed by atoms with Crippen molar-refractivity contribution in [3.8, 4) is 5.75 Å². The molecule has 0 bridgehead atoms. The highest BCUT2D eigenvalue weighted by molar-refractivity contribution is 6.30. The third-order valence-corrected chi connectivity index (χ3v) is 3.92. The fourth-order valence-corrected chi connectivity index (χ4v) is 3.02. The molecule has 2 aromatic carbocycles. The summed E-state index contributed by atoms with van der Waals surface area (Å²) < 4.78 is 18.7. The number of ether oxygens (including phenoxy) is 1. The summed E-state index contributed by atoms with van der Waals surface area (Å²) in [4.78, 5) is 0. The molecule has 4 heteroatoms. The van der Waals surface area contributed by atoms with Crippen LogP contribution in [0.2, 0.25) is 5.02 Å². The van der Waals surface area contributed by atoms with Crippen molar-refractivity contribution in [2.45, 2.75) is 19.4 Å². The van der Waals surface area contributed by atoms with Crippen molar-refractivity contribution in [2.75, 3.05) is 12.4 Å². The molecule has 3 rings (SSSR count). The van der Waals surface area contributed by atoms with Crippen LogP contribution in [0.5, 0.6) is 5.75 Å². The molecular weight excluding hydrogens is 277 g/mol. The topological polar surface area (TPSA) is 21.3 Å². The molecule has 2 nitrogen and oxygen atoms in total. The Morgan fingerprint density at radius 3 is 2.80 bits per heavy atom. The van der Waals surface area contributed by atoms with Gasteiger partial charge in [0.05, 0.1) is 13.2 Å². The zero-order chi connectivity index (χ0) is 14.3. The second kappa shape index (κ2) is 4.98. The lowest BCUT2D eigenvalue weighted by molar-refractivity contribution is 0.386. The maximum absolute atomic E-state index is 13.8. The first kappa shape index (κ1) is 13.3. The lowest BCUT2D eigenvalue weighted by atomic mass is 10.0. The van der Waals surface area contributed by atoms with Crippen LogP contribution in [-0.2, 0) is 6.42 Å². The molecule has 0 fully saturated rings. The molecule has 0 aromatic heterocycles. The molecule has 1 unspecified atom stereocenters. The maximum Gasteiger partial charge on any atom is 0.165 e.